The Morgan fingerprint density at radius 1 is 1.50 bits per heavy atom. The molecule has 1 rings (SSSR count). The summed E-state index contributed by atoms with van der Waals surface area (Å²) in [7, 11) is 1.53. The summed E-state index contributed by atoms with van der Waals surface area (Å²) in [5.41, 5.74) is 2.84. The van der Waals surface area contributed by atoms with Gasteiger partial charge in [-0.15, -0.1) is 0 Å². The van der Waals surface area contributed by atoms with E-state index in [0.717, 1.165) is 17.4 Å². The minimum atomic E-state index is -0.296. The summed E-state index contributed by atoms with van der Waals surface area (Å²) in [6, 6.07) is 0. The van der Waals surface area contributed by atoms with Crippen molar-refractivity contribution in [1.29, 1.82) is 0 Å². The Labute approximate surface area is 94.9 Å². The quantitative estimate of drug-likeness (QED) is 0.454. The van der Waals surface area contributed by atoms with E-state index >= 15 is 0 Å². The van der Waals surface area contributed by atoms with Crippen molar-refractivity contribution < 1.29 is 19.4 Å². The molecule has 4 heteroatoms. The predicted molar refractivity (Wildman–Crippen MR) is 59.8 cm³/mol. The van der Waals surface area contributed by atoms with Gasteiger partial charge in [-0.05, 0) is 26.3 Å². The number of methoxy groups -OCH3 is 1. The molecule has 0 atom stereocenters. The van der Waals surface area contributed by atoms with Crippen molar-refractivity contribution in [3.05, 3.63) is 34.3 Å². The highest BCUT2D eigenvalue weighted by molar-refractivity contribution is 5.92. The van der Waals surface area contributed by atoms with Crippen LogP contribution in [0.2, 0.25) is 0 Å². The lowest BCUT2D eigenvalue weighted by Crippen LogP contribution is -1.99. The van der Waals surface area contributed by atoms with Crippen LogP contribution in [-0.4, -0.2) is 24.8 Å². The number of esters is 1. The van der Waals surface area contributed by atoms with Crippen LogP contribution < -0.4 is 0 Å². The molecule has 0 fully saturated rings. The van der Waals surface area contributed by atoms with Gasteiger partial charge < -0.3 is 14.6 Å². The van der Waals surface area contributed by atoms with E-state index in [9.17, 15) is 4.79 Å². The van der Waals surface area contributed by atoms with E-state index in [1.807, 2.05) is 6.92 Å². The number of hydrogen-bond donors (Lipinski definition) is 1. The molecule has 0 aliphatic carbocycles. The van der Waals surface area contributed by atoms with Crippen LogP contribution in [0.25, 0.3) is 0 Å². The predicted octanol–water partition coefficient (Wildman–Crippen LogP) is 2.24. The first-order valence-corrected chi connectivity index (χ1v) is 4.96. The molecule has 0 aromatic carbocycles. The molecule has 0 unspecified atom stereocenters. The molecule has 4 nitrogen and oxygen atoms in total. The zero-order valence-corrected chi connectivity index (χ0v) is 9.96. The first-order valence-electron chi connectivity index (χ1n) is 4.96. The molecule has 0 amide bonds. The maximum absolute atomic E-state index is 11.2. The third kappa shape index (κ3) is 2.10. The number of aliphatic hydroxyl groups is 1. The molecule has 16 heavy (non-hydrogen) atoms. The smallest absolute Gasteiger partial charge is 0.334 e. The zero-order chi connectivity index (χ0) is 12.3. The lowest BCUT2D eigenvalue weighted by atomic mass is 10.0. The largest absolute Gasteiger partial charge is 0.515 e. The van der Waals surface area contributed by atoms with Gasteiger partial charge in [0.15, 0.2) is 0 Å². The van der Waals surface area contributed by atoms with Gasteiger partial charge in [-0.25, -0.2) is 4.79 Å². The number of cyclic esters (lactones) is 1. The molecule has 1 heterocycles. The fourth-order valence-electron chi connectivity index (χ4n) is 1.67. The summed E-state index contributed by atoms with van der Waals surface area (Å²) in [4.78, 5) is 11.2. The van der Waals surface area contributed by atoms with Crippen LogP contribution in [-0.2, 0) is 14.3 Å². The van der Waals surface area contributed by atoms with Crippen molar-refractivity contribution in [2.75, 3.05) is 13.7 Å². The second kappa shape index (κ2) is 4.88. The van der Waals surface area contributed by atoms with Crippen LogP contribution >= 0.6 is 0 Å². The van der Waals surface area contributed by atoms with E-state index in [0.29, 0.717) is 16.9 Å². The number of rotatable bonds is 3. The highest BCUT2D eigenvalue weighted by atomic mass is 16.5. The minimum absolute atomic E-state index is 0.266. The third-order valence-corrected chi connectivity index (χ3v) is 2.66. The summed E-state index contributed by atoms with van der Waals surface area (Å²) in [6.45, 7) is 5.56. The highest BCUT2D eigenvalue weighted by Gasteiger charge is 2.24. The Bertz CT molecular complexity index is 399. The Kier molecular flexibility index (Phi) is 3.77. The molecule has 88 valence electrons. The van der Waals surface area contributed by atoms with Crippen LogP contribution in [0.5, 0.6) is 0 Å². The molecule has 0 radical (unpaired) electrons. The maximum Gasteiger partial charge on any atom is 0.334 e. The summed E-state index contributed by atoms with van der Waals surface area (Å²) in [6.07, 6.45) is 0.982. The Morgan fingerprint density at radius 2 is 2.12 bits per heavy atom. The fraction of sp³-hybridized carbons (Fsp3) is 0.417. The van der Waals surface area contributed by atoms with Crippen LogP contribution in [0.15, 0.2) is 34.3 Å². The second-order valence-electron chi connectivity index (χ2n) is 3.65. The molecule has 0 bridgehead atoms. The number of hydrogen-bond acceptors (Lipinski definition) is 4. The molecule has 1 aliphatic rings. The van der Waals surface area contributed by atoms with Crippen LogP contribution in [0.1, 0.15) is 20.8 Å². The van der Waals surface area contributed by atoms with Gasteiger partial charge in [-0.2, -0.15) is 0 Å². The van der Waals surface area contributed by atoms with Crippen LogP contribution in [0.4, 0.5) is 0 Å². The van der Waals surface area contributed by atoms with Crippen molar-refractivity contribution in [3.8, 4) is 0 Å². The van der Waals surface area contributed by atoms with Gasteiger partial charge in [0.25, 0.3) is 0 Å². The van der Waals surface area contributed by atoms with Gasteiger partial charge in [-0.3, -0.25) is 0 Å². The first kappa shape index (κ1) is 12.4. The van der Waals surface area contributed by atoms with Gasteiger partial charge >= 0.3 is 5.97 Å². The van der Waals surface area contributed by atoms with Crippen LogP contribution in [0, 0.1) is 0 Å². The normalized spacial score (nSPS) is 18.5. The molecule has 0 spiro atoms. The van der Waals surface area contributed by atoms with Crippen molar-refractivity contribution in [1.82, 2.24) is 0 Å². The van der Waals surface area contributed by atoms with E-state index in [1.54, 1.807) is 13.8 Å². The van der Waals surface area contributed by atoms with Gasteiger partial charge in [0.2, 0.25) is 0 Å². The highest BCUT2D eigenvalue weighted by Crippen LogP contribution is 2.27. The van der Waals surface area contributed by atoms with Gasteiger partial charge in [-0.1, -0.05) is 0 Å². The topological polar surface area (TPSA) is 55.8 Å². The SMILES string of the molecule is COC(/C(C)=C/O)=C(\C)C1=C(C)C(=O)OC1. The van der Waals surface area contributed by atoms with Crippen LogP contribution in [0.3, 0.4) is 0 Å². The van der Waals surface area contributed by atoms with E-state index in [-0.39, 0.29) is 12.6 Å². The summed E-state index contributed by atoms with van der Waals surface area (Å²) < 4.78 is 10.1. The van der Waals surface area contributed by atoms with Crippen molar-refractivity contribution >= 4 is 5.97 Å². The molecule has 0 aromatic rings. The number of carbonyl (C=O) groups excluding carboxylic acids is 1. The lowest BCUT2D eigenvalue weighted by molar-refractivity contribution is -0.135. The summed E-state index contributed by atoms with van der Waals surface area (Å²) >= 11 is 0. The molecule has 0 aromatic heterocycles. The monoisotopic (exact) mass is 224 g/mol. The molecule has 1 N–H and O–H groups in total. The van der Waals surface area contributed by atoms with E-state index in [1.165, 1.54) is 7.11 Å². The Balaban J connectivity index is 3.22. The third-order valence-electron chi connectivity index (χ3n) is 2.66. The van der Waals surface area contributed by atoms with E-state index < -0.39 is 0 Å². The Morgan fingerprint density at radius 3 is 2.50 bits per heavy atom. The molecule has 0 saturated carbocycles. The summed E-state index contributed by atoms with van der Waals surface area (Å²) in [5, 5.41) is 8.96. The molecule has 1 aliphatic heterocycles. The average molecular weight is 224 g/mol. The van der Waals surface area contributed by atoms with Gasteiger partial charge in [0, 0.05) is 16.7 Å². The lowest BCUT2D eigenvalue weighted by Gasteiger charge is -2.11. The number of allylic oxidation sites excluding steroid dienone is 1. The number of carbonyl (C=O) groups is 1. The van der Waals surface area contributed by atoms with Crippen molar-refractivity contribution in [2.24, 2.45) is 0 Å². The number of aliphatic hydroxyl groups excluding tert-OH is 1. The molecular weight excluding hydrogens is 208 g/mol. The van der Waals surface area contributed by atoms with E-state index in [2.05, 4.69) is 0 Å². The first-order chi connectivity index (χ1) is 7.52. The molecule has 0 saturated heterocycles. The number of ether oxygens (including phenoxy) is 2. The van der Waals surface area contributed by atoms with E-state index in [4.69, 9.17) is 14.6 Å². The maximum atomic E-state index is 11.2. The average Bonchev–Trinajstić information content (AvgIpc) is 2.60. The van der Waals surface area contributed by atoms with Gasteiger partial charge in [0.05, 0.1) is 13.4 Å². The van der Waals surface area contributed by atoms with Crippen molar-refractivity contribution in [3.63, 3.8) is 0 Å². The molecular formula is C12H16O4. The van der Waals surface area contributed by atoms with Gasteiger partial charge in [0.1, 0.15) is 12.4 Å². The Hall–Kier alpha value is -1.71. The second-order valence-corrected chi connectivity index (χ2v) is 3.65. The fourth-order valence-corrected chi connectivity index (χ4v) is 1.67. The summed E-state index contributed by atoms with van der Waals surface area (Å²) in [5.74, 6) is 0.269. The zero-order valence-electron chi connectivity index (χ0n) is 9.96. The standard InChI is InChI=1S/C12H16O4/c1-7(5-13)11(15-4)8(2)10-6-16-12(14)9(10)3/h5,13H,6H2,1-4H3/b7-5+,11-8+. The van der Waals surface area contributed by atoms with Crippen molar-refractivity contribution in [2.45, 2.75) is 20.8 Å². The minimum Gasteiger partial charge on any atom is -0.515 e.